The maximum absolute atomic E-state index is 12.3. The quantitative estimate of drug-likeness (QED) is 0.889. The molecule has 2 aliphatic rings. The molecule has 1 saturated carbocycles. The fourth-order valence-electron chi connectivity index (χ4n) is 3.12. The Morgan fingerprint density at radius 2 is 2.29 bits per heavy atom. The third kappa shape index (κ3) is 3.33. The predicted octanol–water partition coefficient (Wildman–Crippen LogP) is 1.64. The smallest absolute Gasteiger partial charge is 0.273 e. The number of likely N-dealkylation sites (tertiary alicyclic amines) is 1. The summed E-state index contributed by atoms with van der Waals surface area (Å²) in [5.74, 6) is 2.35. The number of hydrogen-bond donors (Lipinski definition) is 1. The van der Waals surface area contributed by atoms with Gasteiger partial charge in [-0.25, -0.2) is 4.98 Å². The van der Waals surface area contributed by atoms with Crippen LogP contribution < -0.4 is 5.32 Å². The molecule has 4 rings (SSSR count). The van der Waals surface area contributed by atoms with E-state index >= 15 is 0 Å². The third-order valence-corrected chi connectivity index (χ3v) is 4.58. The summed E-state index contributed by atoms with van der Waals surface area (Å²) >= 11 is 0. The Morgan fingerprint density at radius 1 is 1.42 bits per heavy atom. The topological polar surface area (TPSA) is 97.3 Å². The van der Waals surface area contributed by atoms with E-state index in [0.717, 1.165) is 50.5 Å². The number of amides is 1. The maximum Gasteiger partial charge on any atom is 0.273 e. The third-order valence-electron chi connectivity index (χ3n) is 4.58. The van der Waals surface area contributed by atoms with Crippen LogP contribution >= 0.6 is 0 Å². The van der Waals surface area contributed by atoms with Gasteiger partial charge in [0.1, 0.15) is 5.76 Å². The molecule has 1 N–H and O–H groups in total. The van der Waals surface area contributed by atoms with Gasteiger partial charge in [-0.3, -0.25) is 9.69 Å². The van der Waals surface area contributed by atoms with Gasteiger partial charge in [-0.05, 0) is 39.2 Å². The number of rotatable bonds is 5. The van der Waals surface area contributed by atoms with Crippen molar-refractivity contribution in [1.29, 1.82) is 0 Å². The number of nitrogens with one attached hydrogen (secondary N) is 1. The van der Waals surface area contributed by atoms with Crippen LogP contribution in [0.5, 0.6) is 0 Å². The van der Waals surface area contributed by atoms with E-state index in [2.05, 4.69) is 25.3 Å². The van der Waals surface area contributed by atoms with Crippen molar-refractivity contribution in [2.24, 2.45) is 0 Å². The first-order chi connectivity index (χ1) is 11.7. The molecular formula is C16H21N5O3. The molecular weight excluding hydrogens is 310 g/mol. The summed E-state index contributed by atoms with van der Waals surface area (Å²) in [5, 5.41) is 7.12. The number of piperidine rings is 1. The van der Waals surface area contributed by atoms with Gasteiger partial charge in [-0.2, -0.15) is 4.98 Å². The molecule has 0 aromatic carbocycles. The molecule has 0 bridgehead atoms. The molecule has 0 spiro atoms. The molecule has 128 valence electrons. The molecule has 3 heterocycles. The van der Waals surface area contributed by atoms with E-state index in [0.29, 0.717) is 23.9 Å². The van der Waals surface area contributed by atoms with E-state index < -0.39 is 0 Å². The molecule has 1 atom stereocenters. The van der Waals surface area contributed by atoms with Gasteiger partial charge >= 0.3 is 0 Å². The summed E-state index contributed by atoms with van der Waals surface area (Å²) in [6, 6.07) is 0.0946. The van der Waals surface area contributed by atoms with E-state index in [-0.39, 0.29) is 11.9 Å². The van der Waals surface area contributed by atoms with E-state index in [1.807, 2.05) is 0 Å². The second-order valence-corrected chi connectivity index (χ2v) is 6.63. The molecule has 2 fully saturated rings. The average molecular weight is 331 g/mol. The zero-order chi connectivity index (χ0) is 16.5. The lowest BCUT2D eigenvalue weighted by Crippen LogP contribution is -2.47. The normalized spacial score (nSPS) is 21.8. The van der Waals surface area contributed by atoms with Crippen molar-refractivity contribution < 1.29 is 13.7 Å². The first-order valence-corrected chi connectivity index (χ1v) is 8.45. The minimum absolute atomic E-state index is 0.0946. The van der Waals surface area contributed by atoms with Crippen molar-refractivity contribution in [3.63, 3.8) is 0 Å². The number of carbonyl (C=O) groups is 1. The number of oxazole rings is 1. The van der Waals surface area contributed by atoms with Crippen LogP contribution in [0.2, 0.25) is 0 Å². The highest BCUT2D eigenvalue weighted by molar-refractivity contribution is 5.93. The summed E-state index contributed by atoms with van der Waals surface area (Å²) in [6.45, 7) is 4.15. The summed E-state index contributed by atoms with van der Waals surface area (Å²) in [4.78, 5) is 23.0. The molecule has 1 aliphatic carbocycles. The van der Waals surface area contributed by atoms with Crippen LogP contribution in [0.1, 0.15) is 59.6 Å². The van der Waals surface area contributed by atoms with E-state index in [4.69, 9.17) is 8.94 Å². The number of nitrogens with zero attached hydrogens (tertiary/aromatic N) is 4. The lowest BCUT2D eigenvalue weighted by molar-refractivity contribution is 0.0893. The van der Waals surface area contributed by atoms with E-state index in [1.54, 1.807) is 6.92 Å². The van der Waals surface area contributed by atoms with Crippen LogP contribution in [-0.2, 0) is 6.54 Å². The molecule has 8 nitrogen and oxygen atoms in total. The Hall–Kier alpha value is -2.22. The molecule has 8 heteroatoms. The second-order valence-electron chi connectivity index (χ2n) is 6.63. The largest absolute Gasteiger partial charge is 0.448 e. The number of aryl methyl sites for hydroxylation is 1. The Balaban J connectivity index is 1.33. The minimum Gasteiger partial charge on any atom is -0.448 e. The monoisotopic (exact) mass is 331 g/mol. The molecule has 2 aromatic heterocycles. The number of carbonyl (C=O) groups excluding carboxylic acids is 1. The SMILES string of the molecule is Cc1ocnc1C(=O)NC1CCCN(Cc2noc(C3CC3)n2)C1. The molecule has 1 saturated heterocycles. The number of hydrogen-bond acceptors (Lipinski definition) is 7. The summed E-state index contributed by atoms with van der Waals surface area (Å²) < 4.78 is 10.4. The van der Waals surface area contributed by atoms with Crippen LogP contribution in [0.15, 0.2) is 15.3 Å². The summed E-state index contributed by atoms with van der Waals surface area (Å²) in [7, 11) is 0. The van der Waals surface area contributed by atoms with E-state index in [9.17, 15) is 4.79 Å². The van der Waals surface area contributed by atoms with Gasteiger partial charge in [0, 0.05) is 18.5 Å². The van der Waals surface area contributed by atoms with Crippen molar-refractivity contribution in [2.75, 3.05) is 13.1 Å². The van der Waals surface area contributed by atoms with E-state index in [1.165, 1.54) is 6.39 Å². The van der Waals surface area contributed by atoms with Crippen molar-refractivity contribution in [1.82, 2.24) is 25.3 Å². The highest BCUT2D eigenvalue weighted by Crippen LogP contribution is 2.38. The van der Waals surface area contributed by atoms with Gasteiger partial charge in [-0.1, -0.05) is 5.16 Å². The predicted molar refractivity (Wildman–Crippen MR) is 83.3 cm³/mol. The van der Waals surface area contributed by atoms with Gasteiger partial charge in [0.25, 0.3) is 5.91 Å². The highest BCUT2D eigenvalue weighted by Gasteiger charge is 2.30. The highest BCUT2D eigenvalue weighted by atomic mass is 16.5. The first-order valence-electron chi connectivity index (χ1n) is 8.45. The van der Waals surface area contributed by atoms with Gasteiger partial charge in [0.05, 0.1) is 6.54 Å². The van der Waals surface area contributed by atoms with Crippen molar-refractivity contribution in [3.05, 3.63) is 29.6 Å². The summed E-state index contributed by atoms with van der Waals surface area (Å²) in [5.41, 5.74) is 0.361. The molecule has 1 aliphatic heterocycles. The van der Waals surface area contributed by atoms with Gasteiger partial charge in [0.15, 0.2) is 17.9 Å². The number of aromatic nitrogens is 3. The first kappa shape index (κ1) is 15.3. The van der Waals surface area contributed by atoms with Crippen LogP contribution in [0.3, 0.4) is 0 Å². The molecule has 1 unspecified atom stereocenters. The fraction of sp³-hybridized carbons (Fsp3) is 0.625. The minimum atomic E-state index is -0.177. The van der Waals surface area contributed by atoms with Crippen LogP contribution in [0.4, 0.5) is 0 Å². The van der Waals surface area contributed by atoms with Crippen LogP contribution in [-0.4, -0.2) is 45.1 Å². The average Bonchev–Trinajstić information content (AvgIpc) is 3.16. The zero-order valence-corrected chi connectivity index (χ0v) is 13.7. The molecule has 24 heavy (non-hydrogen) atoms. The Bertz CT molecular complexity index is 721. The standard InChI is InChI=1S/C16H21N5O3/c1-10-14(17-9-23-10)15(22)18-12-3-2-6-21(7-12)8-13-19-16(24-20-13)11-4-5-11/h9,11-12H,2-8H2,1H3,(H,18,22). The second kappa shape index (κ2) is 6.35. The van der Waals surface area contributed by atoms with Crippen LogP contribution in [0.25, 0.3) is 0 Å². The maximum atomic E-state index is 12.3. The Kier molecular flexibility index (Phi) is 4.05. The van der Waals surface area contributed by atoms with Crippen molar-refractivity contribution >= 4 is 5.91 Å². The van der Waals surface area contributed by atoms with Gasteiger partial charge < -0.3 is 14.3 Å². The summed E-state index contributed by atoms with van der Waals surface area (Å²) in [6.07, 6.45) is 5.59. The lowest BCUT2D eigenvalue weighted by atomic mass is 10.1. The Labute approximate surface area is 139 Å². The molecule has 0 radical (unpaired) electrons. The fourth-order valence-corrected chi connectivity index (χ4v) is 3.12. The lowest BCUT2D eigenvalue weighted by Gasteiger charge is -2.32. The van der Waals surface area contributed by atoms with Crippen molar-refractivity contribution in [2.45, 2.75) is 51.1 Å². The molecule has 2 aromatic rings. The van der Waals surface area contributed by atoms with Gasteiger partial charge in [-0.15, -0.1) is 0 Å². The zero-order valence-electron chi connectivity index (χ0n) is 13.7. The van der Waals surface area contributed by atoms with Gasteiger partial charge in [0.2, 0.25) is 5.89 Å². The van der Waals surface area contributed by atoms with Crippen LogP contribution in [0, 0.1) is 6.92 Å². The Morgan fingerprint density at radius 3 is 3.04 bits per heavy atom. The molecule has 1 amide bonds. The van der Waals surface area contributed by atoms with Crippen molar-refractivity contribution in [3.8, 4) is 0 Å².